The Hall–Kier alpha value is -3.76. The summed E-state index contributed by atoms with van der Waals surface area (Å²) in [4.78, 5) is 13.4. The van der Waals surface area contributed by atoms with Gasteiger partial charge in [-0.1, -0.05) is 40.7 Å². The molecule has 0 saturated carbocycles. The number of benzene rings is 2. The van der Waals surface area contributed by atoms with E-state index in [4.69, 9.17) is 15.5 Å². The molecule has 13 heteroatoms. The van der Waals surface area contributed by atoms with E-state index in [0.717, 1.165) is 74.7 Å². The standard InChI is InChI=1S/C37H43F5N6OS/c1-19(2)8-11-27(20(3)4)47(6)34-23-14-25(37(40,41)42)29(22-9-10-26(38)32-28(22)24(16-43)33(44)50-32)30(39)31(23)45-35(46-34)49-18-36-12-7-13-48(36)17-21(5)15-36/h9-10,14,19-21,27H,7-8,11-13,15,17-18,44H2,1-6H3. The fourth-order valence-corrected chi connectivity index (χ4v) is 9.13. The highest BCUT2D eigenvalue weighted by Crippen LogP contribution is 2.48. The van der Waals surface area contributed by atoms with E-state index < -0.39 is 28.9 Å². The third kappa shape index (κ3) is 6.34. The molecule has 4 aromatic rings. The molecule has 2 aromatic carbocycles. The molecule has 2 saturated heterocycles. The minimum atomic E-state index is -5.04. The van der Waals surface area contributed by atoms with E-state index in [1.165, 1.54) is 0 Å². The molecule has 2 aromatic heterocycles. The number of nitriles is 1. The van der Waals surface area contributed by atoms with Crippen LogP contribution in [0, 0.1) is 40.7 Å². The van der Waals surface area contributed by atoms with Crippen LogP contribution in [-0.4, -0.2) is 53.2 Å². The van der Waals surface area contributed by atoms with Crippen molar-refractivity contribution in [2.75, 3.05) is 37.4 Å². The van der Waals surface area contributed by atoms with Gasteiger partial charge in [-0.05, 0) is 74.1 Å². The van der Waals surface area contributed by atoms with Crippen molar-refractivity contribution >= 4 is 43.1 Å². The Morgan fingerprint density at radius 2 is 1.92 bits per heavy atom. The van der Waals surface area contributed by atoms with Crippen molar-refractivity contribution in [1.82, 2.24) is 14.9 Å². The number of aromatic nitrogens is 2. The summed E-state index contributed by atoms with van der Waals surface area (Å²) in [5.74, 6) is -0.958. The van der Waals surface area contributed by atoms with E-state index in [1.54, 1.807) is 7.05 Å². The largest absolute Gasteiger partial charge is 0.461 e. The SMILES string of the molecule is CC(C)CCC(C(C)C)N(C)c1nc(OCC23CCCN2CC(C)C3)nc2c(F)c(-c3ccc(F)c4sc(N)c(C#N)c34)c(C(F)(F)F)cc12. The number of hydrogen-bond donors (Lipinski definition) is 1. The monoisotopic (exact) mass is 714 g/mol. The van der Waals surface area contributed by atoms with E-state index in [1.807, 2.05) is 24.8 Å². The molecule has 268 valence electrons. The molecule has 0 spiro atoms. The minimum Gasteiger partial charge on any atom is -0.461 e. The quantitative estimate of drug-likeness (QED) is 0.164. The topological polar surface area (TPSA) is 91.3 Å². The van der Waals surface area contributed by atoms with Gasteiger partial charge in [0, 0.05) is 36.0 Å². The molecular weight excluding hydrogens is 672 g/mol. The van der Waals surface area contributed by atoms with E-state index >= 15 is 17.6 Å². The number of thiophene rings is 1. The number of anilines is 2. The predicted octanol–water partition coefficient (Wildman–Crippen LogP) is 9.41. The molecule has 7 nitrogen and oxygen atoms in total. The van der Waals surface area contributed by atoms with Crippen LogP contribution in [0.5, 0.6) is 6.01 Å². The molecule has 0 aliphatic carbocycles. The second kappa shape index (κ2) is 13.4. The van der Waals surface area contributed by atoms with Crippen LogP contribution in [0.2, 0.25) is 0 Å². The first-order valence-corrected chi connectivity index (χ1v) is 18.0. The number of ether oxygens (including phenoxy) is 1. The van der Waals surface area contributed by atoms with Gasteiger partial charge in [-0.25, -0.2) is 8.78 Å². The smallest absolute Gasteiger partial charge is 0.417 e. The number of nitrogen functional groups attached to an aromatic ring is 1. The molecule has 2 fully saturated rings. The molecule has 4 heterocycles. The maximum Gasteiger partial charge on any atom is 0.417 e. The van der Waals surface area contributed by atoms with Gasteiger partial charge >= 0.3 is 12.2 Å². The number of alkyl halides is 3. The number of fused-ring (bicyclic) bond motifs is 3. The second-order valence-electron chi connectivity index (χ2n) is 14.9. The van der Waals surface area contributed by atoms with Crippen LogP contribution in [0.15, 0.2) is 18.2 Å². The Morgan fingerprint density at radius 3 is 2.58 bits per heavy atom. The summed E-state index contributed by atoms with van der Waals surface area (Å²) in [5, 5.41) is 9.49. The van der Waals surface area contributed by atoms with Gasteiger partial charge in [0.05, 0.1) is 21.4 Å². The van der Waals surface area contributed by atoms with Gasteiger partial charge in [0.1, 0.15) is 34.8 Å². The lowest BCUT2D eigenvalue weighted by Crippen LogP contribution is -2.43. The van der Waals surface area contributed by atoms with Crippen molar-refractivity contribution in [1.29, 1.82) is 5.26 Å². The number of nitrogens with zero attached hydrogens (tertiary/aromatic N) is 5. The molecule has 50 heavy (non-hydrogen) atoms. The van der Waals surface area contributed by atoms with Gasteiger partial charge in [0.25, 0.3) is 0 Å². The predicted molar refractivity (Wildman–Crippen MR) is 188 cm³/mol. The Balaban J connectivity index is 1.60. The summed E-state index contributed by atoms with van der Waals surface area (Å²) < 4.78 is 83.5. The van der Waals surface area contributed by atoms with Gasteiger partial charge in [-0.3, -0.25) is 4.90 Å². The summed E-state index contributed by atoms with van der Waals surface area (Å²) >= 11 is 0.729. The van der Waals surface area contributed by atoms with Crippen molar-refractivity contribution < 1.29 is 26.7 Å². The maximum atomic E-state index is 17.2. The van der Waals surface area contributed by atoms with Crippen molar-refractivity contribution in [2.24, 2.45) is 17.8 Å². The molecule has 0 bridgehead atoms. The summed E-state index contributed by atoms with van der Waals surface area (Å²) in [6.45, 7) is 12.7. The van der Waals surface area contributed by atoms with Gasteiger partial charge in [-0.2, -0.15) is 28.4 Å². The van der Waals surface area contributed by atoms with Crippen LogP contribution in [0.1, 0.15) is 77.8 Å². The Labute approximate surface area is 293 Å². The highest BCUT2D eigenvalue weighted by Gasteiger charge is 2.48. The van der Waals surface area contributed by atoms with Crippen molar-refractivity contribution in [3.63, 3.8) is 0 Å². The summed E-state index contributed by atoms with van der Waals surface area (Å²) in [6.07, 6.45) is -0.549. The first-order chi connectivity index (χ1) is 23.6. The molecule has 2 aliphatic rings. The molecule has 3 unspecified atom stereocenters. The van der Waals surface area contributed by atoms with Gasteiger partial charge in [0.2, 0.25) is 0 Å². The molecule has 3 atom stereocenters. The van der Waals surface area contributed by atoms with Gasteiger partial charge < -0.3 is 15.4 Å². The maximum absolute atomic E-state index is 17.2. The summed E-state index contributed by atoms with van der Waals surface area (Å²) in [7, 11) is 1.77. The third-order valence-electron chi connectivity index (χ3n) is 10.5. The average Bonchev–Trinajstić information content (AvgIpc) is 3.68. The van der Waals surface area contributed by atoms with Gasteiger partial charge in [-0.15, -0.1) is 11.3 Å². The number of halogens is 5. The molecule has 6 rings (SSSR count). The van der Waals surface area contributed by atoms with Crippen LogP contribution in [-0.2, 0) is 6.18 Å². The zero-order valence-corrected chi connectivity index (χ0v) is 30.0. The summed E-state index contributed by atoms with van der Waals surface area (Å²) in [5.41, 5.74) is 2.79. The van der Waals surface area contributed by atoms with Crippen LogP contribution in [0.3, 0.4) is 0 Å². The number of nitrogens with two attached hydrogens (primary N) is 1. The first-order valence-electron chi connectivity index (χ1n) is 17.2. The molecule has 0 radical (unpaired) electrons. The first kappa shape index (κ1) is 36.0. The van der Waals surface area contributed by atoms with E-state index in [0.29, 0.717) is 11.8 Å². The number of hydrogen-bond acceptors (Lipinski definition) is 8. The van der Waals surface area contributed by atoms with Crippen molar-refractivity contribution in [2.45, 2.75) is 84.5 Å². The van der Waals surface area contributed by atoms with E-state index in [2.05, 4.69) is 30.7 Å². The Bertz CT molecular complexity index is 1970. The Kier molecular flexibility index (Phi) is 9.67. The lowest BCUT2D eigenvalue weighted by molar-refractivity contribution is -0.137. The normalized spacial score (nSPS) is 20.3. The highest BCUT2D eigenvalue weighted by molar-refractivity contribution is 7.23. The van der Waals surface area contributed by atoms with Crippen LogP contribution < -0.4 is 15.4 Å². The fourth-order valence-electron chi connectivity index (χ4n) is 8.18. The molecular formula is C37H43F5N6OS. The third-order valence-corrected chi connectivity index (χ3v) is 11.5. The molecule has 2 aliphatic heterocycles. The summed E-state index contributed by atoms with van der Waals surface area (Å²) in [6, 6.07) is 4.50. The fraction of sp³-hybridized carbons (Fsp3) is 0.541. The van der Waals surface area contributed by atoms with E-state index in [-0.39, 0.29) is 73.1 Å². The molecule has 0 amide bonds. The van der Waals surface area contributed by atoms with Crippen LogP contribution >= 0.6 is 11.3 Å². The lowest BCUT2D eigenvalue weighted by Gasteiger charge is -2.34. The van der Waals surface area contributed by atoms with Crippen molar-refractivity contribution in [3.8, 4) is 23.2 Å². The minimum absolute atomic E-state index is 0.0757. The van der Waals surface area contributed by atoms with Gasteiger partial charge in [0.15, 0.2) is 5.82 Å². The lowest BCUT2D eigenvalue weighted by atomic mass is 9.91. The zero-order valence-electron chi connectivity index (χ0n) is 29.2. The van der Waals surface area contributed by atoms with E-state index in [9.17, 15) is 9.65 Å². The van der Waals surface area contributed by atoms with Crippen molar-refractivity contribution in [3.05, 3.63) is 41.0 Å². The zero-order chi connectivity index (χ0) is 36.3. The molecule has 2 N–H and O–H groups in total. The Morgan fingerprint density at radius 1 is 1.18 bits per heavy atom. The van der Waals surface area contributed by atoms with Crippen LogP contribution in [0.25, 0.3) is 32.1 Å². The van der Waals surface area contributed by atoms with Crippen LogP contribution in [0.4, 0.5) is 32.8 Å². The number of rotatable bonds is 10. The highest BCUT2D eigenvalue weighted by atomic mass is 32.1. The average molecular weight is 715 g/mol. The second-order valence-corrected chi connectivity index (χ2v) is 15.9.